The third-order valence-electron chi connectivity index (χ3n) is 2.07. The molecule has 0 aromatic heterocycles. The maximum atomic E-state index is 9.38. The summed E-state index contributed by atoms with van der Waals surface area (Å²) in [6.07, 6.45) is 1.96. The van der Waals surface area contributed by atoms with Crippen LogP contribution in [0.25, 0.3) is 0 Å². The lowest BCUT2D eigenvalue weighted by Gasteiger charge is -2.10. The smallest absolute Gasteiger partial charge is 0.158 e. The molecule has 0 saturated heterocycles. The highest BCUT2D eigenvalue weighted by Crippen LogP contribution is 2.27. The number of phenolic OH excluding ortho intramolecular Hbond substituents is 2. The second-order valence-electron chi connectivity index (χ2n) is 3.11. The zero-order valence-electron chi connectivity index (χ0n) is 8.54. The zero-order chi connectivity index (χ0) is 11.5. The van der Waals surface area contributed by atoms with E-state index >= 15 is 0 Å². The number of hydrogen-bond acceptors (Lipinski definition) is 6. The van der Waals surface area contributed by atoms with E-state index in [4.69, 9.17) is 0 Å². The van der Waals surface area contributed by atoms with Gasteiger partial charge in [-0.3, -0.25) is 0 Å². The van der Waals surface area contributed by atoms with Crippen molar-refractivity contribution in [2.75, 3.05) is 12.0 Å². The second kappa shape index (κ2) is 4.80. The van der Waals surface area contributed by atoms with Crippen LogP contribution in [-0.2, 0) is 0 Å². The van der Waals surface area contributed by atoms with Gasteiger partial charge in [0.15, 0.2) is 15.9 Å². The van der Waals surface area contributed by atoms with Gasteiger partial charge in [0.1, 0.15) is 0 Å². The maximum Gasteiger partial charge on any atom is 0.158 e. The summed E-state index contributed by atoms with van der Waals surface area (Å²) in [6.45, 7) is 0. The van der Waals surface area contributed by atoms with Gasteiger partial charge < -0.3 is 10.2 Å². The number of rotatable bonds is 1. The summed E-state index contributed by atoms with van der Waals surface area (Å²) >= 11 is 3.18. The van der Waals surface area contributed by atoms with Crippen molar-refractivity contribution in [3.63, 3.8) is 0 Å². The molecule has 1 aromatic rings. The molecule has 0 aliphatic carbocycles. The van der Waals surface area contributed by atoms with Crippen LogP contribution in [-0.4, -0.2) is 32.3 Å². The lowest BCUT2D eigenvalue weighted by atomic mass is 10.1. The molecule has 0 radical (unpaired) electrons. The summed E-state index contributed by atoms with van der Waals surface area (Å²) in [5, 5.41) is 26.7. The van der Waals surface area contributed by atoms with Crippen molar-refractivity contribution in [3.8, 4) is 11.5 Å². The molecule has 6 heteroatoms. The van der Waals surface area contributed by atoms with Gasteiger partial charge in [-0.2, -0.15) is 5.10 Å². The Hall–Kier alpha value is -1.14. The molecule has 2 N–H and O–H groups in total. The molecule has 0 fully saturated rings. The molecule has 84 valence electrons. The van der Waals surface area contributed by atoms with E-state index in [0.717, 1.165) is 21.4 Å². The first-order valence-electron chi connectivity index (χ1n) is 4.54. The Morgan fingerprint density at radius 2 is 2.06 bits per heavy atom. The van der Waals surface area contributed by atoms with Crippen molar-refractivity contribution < 1.29 is 10.2 Å². The Morgan fingerprint density at radius 1 is 1.25 bits per heavy atom. The molecule has 0 amide bonds. The van der Waals surface area contributed by atoms with Crippen LogP contribution in [0.3, 0.4) is 0 Å². The highest BCUT2D eigenvalue weighted by Gasteiger charge is 2.13. The van der Waals surface area contributed by atoms with E-state index in [0.29, 0.717) is 0 Å². The highest BCUT2D eigenvalue weighted by atomic mass is 32.2. The molecule has 2 rings (SSSR count). The van der Waals surface area contributed by atoms with Crippen LogP contribution in [0.4, 0.5) is 0 Å². The van der Waals surface area contributed by atoms with Gasteiger partial charge in [0.25, 0.3) is 0 Å². The summed E-state index contributed by atoms with van der Waals surface area (Å²) in [5.41, 5.74) is 1.59. The first kappa shape index (κ1) is 11.3. The Bertz CT molecular complexity index is 472. The highest BCUT2D eigenvalue weighted by molar-refractivity contribution is 8.38. The van der Waals surface area contributed by atoms with E-state index in [9.17, 15) is 10.2 Å². The van der Waals surface area contributed by atoms with E-state index in [-0.39, 0.29) is 11.5 Å². The minimum Gasteiger partial charge on any atom is -0.504 e. The van der Waals surface area contributed by atoms with Gasteiger partial charge >= 0.3 is 0 Å². The molecule has 0 unspecified atom stereocenters. The number of nitrogens with zero attached hydrogens (tertiary/aromatic N) is 2. The average molecular weight is 254 g/mol. The van der Waals surface area contributed by atoms with Crippen molar-refractivity contribution >= 4 is 33.6 Å². The largest absolute Gasteiger partial charge is 0.504 e. The standard InChI is InChI=1S/C10H10N2O2S2/c1-15-10-12-11-7(5-16-10)6-2-3-8(13)9(14)4-6/h2-4,13-14H,5H2,1H3. The quantitative estimate of drug-likeness (QED) is 0.754. The van der Waals surface area contributed by atoms with Gasteiger partial charge in [-0.25, -0.2) is 0 Å². The number of thioether (sulfide) groups is 2. The lowest BCUT2D eigenvalue weighted by Crippen LogP contribution is -2.09. The van der Waals surface area contributed by atoms with E-state index in [2.05, 4.69) is 10.2 Å². The molecule has 1 aromatic carbocycles. The van der Waals surface area contributed by atoms with E-state index < -0.39 is 0 Å². The molecule has 1 aliphatic rings. The fourth-order valence-electron chi connectivity index (χ4n) is 1.23. The molecule has 0 bridgehead atoms. The lowest BCUT2D eigenvalue weighted by molar-refractivity contribution is 0.403. The average Bonchev–Trinajstić information content (AvgIpc) is 2.33. The van der Waals surface area contributed by atoms with Gasteiger partial charge in [0.05, 0.1) is 5.71 Å². The fourth-order valence-corrected chi connectivity index (χ4v) is 2.59. The third-order valence-corrected chi connectivity index (χ3v) is 4.10. The van der Waals surface area contributed by atoms with Gasteiger partial charge in [-0.1, -0.05) is 11.8 Å². The van der Waals surface area contributed by atoms with Gasteiger partial charge in [0, 0.05) is 11.3 Å². The van der Waals surface area contributed by atoms with Gasteiger partial charge in [-0.05, 0) is 24.5 Å². The molecule has 0 atom stereocenters. The minimum absolute atomic E-state index is 0.124. The van der Waals surface area contributed by atoms with Crippen LogP contribution in [0.2, 0.25) is 0 Å². The van der Waals surface area contributed by atoms with Crippen molar-refractivity contribution in [2.24, 2.45) is 10.2 Å². The SMILES string of the molecule is CSC1=NN=C(c2ccc(O)c(O)c2)CS1. The zero-order valence-corrected chi connectivity index (χ0v) is 10.2. The molecule has 0 saturated carbocycles. The number of phenols is 2. The summed E-state index contributed by atoms with van der Waals surface area (Å²) in [7, 11) is 0. The summed E-state index contributed by atoms with van der Waals surface area (Å²) in [5.74, 6) is 0.468. The Kier molecular flexibility index (Phi) is 3.40. The number of aromatic hydroxyl groups is 2. The van der Waals surface area contributed by atoms with Crippen LogP contribution in [0.5, 0.6) is 11.5 Å². The van der Waals surface area contributed by atoms with E-state index in [1.165, 1.54) is 12.1 Å². The Balaban J connectivity index is 2.29. The first-order valence-corrected chi connectivity index (χ1v) is 6.75. The van der Waals surface area contributed by atoms with E-state index in [1.54, 1.807) is 29.6 Å². The molecule has 16 heavy (non-hydrogen) atoms. The summed E-state index contributed by atoms with van der Waals surface area (Å²) in [4.78, 5) is 0. The third kappa shape index (κ3) is 2.33. The first-order chi connectivity index (χ1) is 7.70. The van der Waals surface area contributed by atoms with Crippen LogP contribution < -0.4 is 0 Å². The van der Waals surface area contributed by atoms with Crippen molar-refractivity contribution in [1.29, 1.82) is 0 Å². The monoisotopic (exact) mass is 254 g/mol. The molecular weight excluding hydrogens is 244 g/mol. The predicted molar refractivity (Wildman–Crippen MR) is 69.7 cm³/mol. The second-order valence-corrected chi connectivity index (χ2v) is 5.13. The number of hydrogen-bond donors (Lipinski definition) is 2. The summed E-state index contributed by atoms with van der Waals surface area (Å²) in [6, 6.07) is 4.66. The van der Waals surface area contributed by atoms with Crippen LogP contribution in [0.1, 0.15) is 5.56 Å². The van der Waals surface area contributed by atoms with Crippen LogP contribution in [0.15, 0.2) is 28.4 Å². The maximum absolute atomic E-state index is 9.38. The van der Waals surface area contributed by atoms with Crippen molar-refractivity contribution in [2.45, 2.75) is 0 Å². The minimum atomic E-state index is -0.134. The molecular formula is C10H10N2O2S2. The van der Waals surface area contributed by atoms with Gasteiger partial charge in [-0.15, -0.1) is 16.9 Å². The van der Waals surface area contributed by atoms with Crippen LogP contribution in [0, 0.1) is 0 Å². The molecule has 1 aliphatic heterocycles. The molecule has 1 heterocycles. The van der Waals surface area contributed by atoms with Crippen LogP contribution >= 0.6 is 23.5 Å². The van der Waals surface area contributed by atoms with E-state index in [1.807, 2.05) is 6.26 Å². The normalized spacial score (nSPS) is 15.6. The fraction of sp³-hybridized carbons (Fsp3) is 0.200. The Labute approximate surface area is 101 Å². The predicted octanol–water partition coefficient (Wildman–Crippen LogP) is 2.27. The number of benzene rings is 1. The summed E-state index contributed by atoms with van der Waals surface area (Å²) < 4.78 is 0.937. The Morgan fingerprint density at radius 3 is 2.62 bits per heavy atom. The molecule has 4 nitrogen and oxygen atoms in total. The topological polar surface area (TPSA) is 65.2 Å². The molecule has 0 spiro atoms. The van der Waals surface area contributed by atoms with Crippen molar-refractivity contribution in [3.05, 3.63) is 23.8 Å². The van der Waals surface area contributed by atoms with Crippen molar-refractivity contribution in [1.82, 2.24) is 0 Å². The van der Waals surface area contributed by atoms with Gasteiger partial charge in [0.2, 0.25) is 0 Å².